The fourth-order valence-electron chi connectivity index (χ4n) is 2.27. The van der Waals surface area contributed by atoms with E-state index in [1.165, 1.54) is 16.9 Å². The van der Waals surface area contributed by atoms with E-state index in [9.17, 15) is 9.59 Å². The summed E-state index contributed by atoms with van der Waals surface area (Å²) in [5.41, 5.74) is 1.94. The zero-order valence-corrected chi connectivity index (χ0v) is 16.2. The Morgan fingerprint density at radius 1 is 1.29 bits per heavy atom. The standard InChI is InChI=1S/C17H15N4O2.Y/c1-11-5-7-12(8-6-11)10-19-17(23)14-15(22)13-4-3-9-18-16(13)21(2)20-14;/h4-9H,10H2,1-2H3,(H,19,23);/q-1;. The first kappa shape index (κ1) is 18.4. The van der Waals surface area contributed by atoms with Crippen molar-refractivity contribution in [3.63, 3.8) is 0 Å². The van der Waals surface area contributed by atoms with Gasteiger partial charge >= 0.3 is 0 Å². The SMILES string of the molecule is Cc1ccc(CNC(=O)c2nn(C)c3nc[c-]cc3c2=O)cc1.[Y]. The van der Waals surface area contributed by atoms with Crippen LogP contribution in [0, 0.1) is 13.0 Å². The van der Waals surface area contributed by atoms with Crippen molar-refractivity contribution in [1.29, 1.82) is 0 Å². The van der Waals surface area contributed by atoms with Gasteiger partial charge in [0, 0.05) is 46.3 Å². The molecule has 0 spiro atoms. The van der Waals surface area contributed by atoms with Gasteiger partial charge in [-0.05, 0) is 12.5 Å². The van der Waals surface area contributed by atoms with E-state index >= 15 is 0 Å². The van der Waals surface area contributed by atoms with Gasteiger partial charge in [-0.15, -0.1) is 0 Å². The molecular formula is C17H15N4O2Y-. The van der Waals surface area contributed by atoms with Gasteiger partial charge in [0.2, 0.25) is 0 Å². The predicted octanol–water partition coefficient (Wildman–Crippen LogP) is 1.36. The quantitative estimate of drug-likeness (QED) is 0.679. The van der Waals surface area contributed by atoms with Gasteiger partial charge in [0.25, 0.3) is 5.91 Å². The zero-order chi connectivity index (χ0) is 16.4. The number of aryl methyl sites for hydroxylation is 2. The van der Waals surface area contributed by atoms with Crippen LogP contribution in [0.5, 0.6) is 0 Å². The number of pyridine rings is 1. The van der Waals surface area contributed by atoms with Crippen LogP contribution in [0.15, 0.2) is 41.3 Å². The van der Waals surface area contributed by atoms with Crippen molar-refractivity contribution in [3.05, 3.63) is 69.6 Å². The Balaban J connectivity index is 0.00000208. The Labute approximate surface area is 164 Å². The third-order valence-electron chi connectivity index (χ3n) is 3.53. The van der Waals surface area contributed by atoms with Crippen LogP contribution < -0.4 is 10.7 Å². The summed E-state index contributed by atoms with van der Waals surface area (Å²) < 4.78 is 1.42. The molecule has 7 heteroatoms. The van der Waals surface area contributed by atoms with E-state index in [0.717, 1.165) is 11.1 Å². The third-order valence-corrected chi connectivity index (χ3v) is 3.53. The summed E-state index contributed by atoms with van der Waals surface area (Å²) in [6.45, 7) is 2.33. The van der Waals surface area contributed by atoms with Gasteiger partial charge in [0.15, 0.2) is 5.69 Å². The van der Waals surface area contributed by atoms with Crippen LogP contribution in [-0.2, 0) is 46.3 Å². The van der Waals surface area contributed by atoms with Crippen LogP contribution >= 0.6 is 0 Å². The van der Waals surface area contributed by atoms with E-state index in [1.54, 1.807) is 7.05 Å². The van der Waals surface area contributed by atoms with Gasteiger partial charge in [0.1, 0.15) is 5.43 Å². The molecule has 0 fully saturated rings. The van der Waals surface area contributed by atoms with Gasteiger partial charge in [-0.3, -0.25) is 14.5 Å². The van der Waals surface area contributed by atoms with Gasteiger partial charge in [-0.1, -0.05) is 41.4 Å². The molecule has 24 heavy (non-hydrogen) atoms. The fourth-order valence-corrected chi connectivity index (χ4v) is 2.27. The number of amides is 1. The largest absolute Gasteiger partial charge is 0.346 e. The van der Waals surface area contributed by atoms with Crippen molar-refractivity contribution < 1.29 is 37.5 Å². The predicted molar refractivity (Wildman–Crippen MR) is 86.0 cm³/mol. The summed E-state index contributed by atoms with van der Waals surface area (Å²) in [7, 11) is 1.64. The Bertz CT molecular complexity index is 935. The van der Waals surface area contributed by atoms with E-state index < -0.39 is 11.3 Å². The first-order chi connectivity index (χ1) is 11.1. The van der Waals surface area contributed by atoms with Crippen molar-refractivity contribution in [2.75, 3.05) is 0 Å². The molecule has 0 unspecified atom stereocenters. The van der Waals surface area contributed by atoms with E-state index in [-0.39, 0.29) is 38.4 Å². The summed E-state index contributed by atoms with van der Waals surface area (Å²) in [6.07, 6.45) is 1.46. The van der Waals surface area contributed by atoms with E-state index in [4.69, 9.17) is 0 Å². The van der Waals surface area contributed by atoms with E-state index in [2.05, 4.69) is 21.5 Å². The molecule has 0 atom stereocenters. The van der Waals surface area contributed by atoms with Crippen LogP contribution in [-0.4, -0.2) is 20.7 Å². The van der Waals surface area contributed by atoms with Crippen LogP contribution in [0.25, 0.3) is 11.0 Å². The molecule has 1 aromatic carbocycles. The van der Waals surface area contributed by atoms with Crippen molar-refractivity contribution in [2.45, 2.75) is 13.5 Å². The monoisotopic (exact) mass is 396 g/mol. The third kappa shape index (κ3) is 3.76. The second-order valence-electron chi connectivity index (χ2n) is 5.28. The minimum atomic E-state index is -0.503. The molecule has 1 N–H and O–H groups in total. The summed E-state index contributed by atoms with van der Waals surface area (Å²) in [4.78, 5) is 28.7. The smallest absolute Gasteiger partial charge is 0.274 e. The molecule has 2 aromatic heterocycles. The first-order valence-corrected chi connectivity index (χ1v) is 7.13. The fraction of sp³-hybridized carbons (Fsp3) is 0.176. The number of carbonyl (C=O) groups excluding carboxylic acids is 1. The van der Waals surface area contributed by atoms with Gasteiger partial charge in [-0.2, -0.15) is 5.10 Å². The molecule has 0 saturated heterocycles. The van der Waals surface area contributed by atoms with E-state index in [1.807, 2.05) is 31.2 Å². The van der Waals surface area contributed by atoms with Gasteiger partial charge < -0.3 is 10.1 Å². The molecule has 3 aromatic rings. The van der Waals surface area contributed by atoms with Crippen LogP contribution in [0.1, 0.15) is 21.6 Å². The maximum atomic E-state index is 12.4. The molecule has 0 aliphatic rings. The van der Waals surface area contributed by atoms with E-state index in [0.29, 0.717) is 17.6 Å². The Morgan fingerprint density at radius 3 is 2.71 bits per heavy atom. The maximum absolute atomic E-state index is 12.4. The maximum Gasteiger partial charge on any atom is 0.274 e. The minimum Gasteiger partial charge on any atom is -0.346 e. The molecule has 0 bridgehead atoms. The summed E-state index contributed by atoms with van der Waals surface area (Å²) in [5, 5.41) is 7.09. The summed E-state index contributed by atoms with van der Waals surface area (Å²) in [5.74, 6) is -0.503. The molecule has 0 saturated carbocycles. The molecule has 1 radical (unpaired) electrons. The first-order valence-electron chi connectivity index (χ1n) is 7.13. The number of hydrogen-bond donors (Lipinski definition) is 1. The van der Waals surface area contributed by atoms with Crippen LogP contribution in [0.2, 0.25) is 0 Å². The van der Waals surface area contributed by atoms with Gasteiger partial charge in [-0.25, -0.2) is 12.1 Å². The molecule has 119 valence electrons. The van der Waals surface area contributed by atoms with Crippen molar-refractivity contribution in [2.24, 2.45) is 7.05 Å². The minimum absolute atomic E-state index is 0. The number of nitrogens with one attached hydrogen (secondary N) is 1. The molecule has 1 amide bonds. The topological polar surface area (TPSA) is 76.9 Å². The molecular weight excluding hydrogens is 381 g/mol. The van der Waals surface area contributed by atoms with Crippen molar-refractivity contribution >= 4 is 16.9 Å². The second-order valence-corrected chi connectivity index (χ2v) is 5.28. The Hall–Kier alpha value is -1.92. The molecule has 3 rings (SSSR count). The molecule has 6 nitrogen and oxygen atoms in total. The average molecular weight is 396 g/mol. The Morgan fingerprint density at radius 2 is 2.00 bits per heavy atom. The molecule has 0 aliphatic heterocycles. The number of fused-ring (bicyclic) bond motifs is 1. The summed E-state index contributed by atoms with van der Waals surface area (Å²) in [6, 6.07) is 12.1. The van der Waals surface area contributed by atoms with Crippen molar-refractivity contribution in [3.8, 4) is 0 Å². The number of hydrogen-bond acceptors (Lipinski definition) is 4. The summed E-state index contributed by atoms with van der Waals surface area (Å²) >= 11 is 0. The number of carbonyl (C=O) groups is 1. The number of rotatable bonds is 3. The average Bonchev–Trinajstić information content (AvgIpc) is 2.57. The number of nitrogens with zero attached hydrogens (tertiary/aromatic N) is 3. The zero-order valence-electron chi connectivity index (χ0n) is 13.4. The molecule has 0 aliphatic carbocycles. The normalized spacial score (nSPS) is 10.2. The Kier molecular flexibility index (Phi) is 5.96. The van der Waals surface area contributed by atoms with Gasteiger partial charge in [0.05, 0.1) is 5.65 Å². The second kappa shape index (κ2) is 7.77. The number of benzene rings is 1. The molecule has 2 heterocycles. The number of aromatic nitrogens is 3. The van der Waals surface area contributed by atoms with Crippen LogP contribution in [0.3, 0.4) is 0 Å². The van der Waals surface area contributed by atoms with Crippen LogP contribution in [0.4, 0.5) is 0 Å². The van der Waals surface area contributed by atoms with Crippen molar-refractivity contribution in [1.82, 2.24) is 20.1 Å².